The molecule has 0 saturated carbocycles. The summed E-state index contributed by atoms with van der Waals surface area (Å²) in [5, 5.41) is 13.3. The number of benzene rings is 1. The topological polar surface area (TPSA) is 79.9 Å². The van der Waals surface area contributed by atoms with Crippen LogP contribution in [0.5, 0.6) is 0 Å². The SMILES string of the molecule is O=C(CSc1nnc(NC[C@H]2CCCO2)s1)c1c[nH]c2ccccc12. The summed E-state index contributed by atoms with van der Waals surface area (Å²) in [6.45, 7) is 1.60. The van der Waals surface area contributed by atoms with Crippen LogP contribution in [0.1, 0.15) is 23.2 Å². The predicted octanol–water partition coefficient (Wildman–Crippen LogP) is 3.59. The molecule has 1 aromatic carbocycles. The second kappa shape index (κ2) is 7.55. The number of fused-ring (bicyclic) bond motifs is 1. The number of hydrogen-bond donors (Lipinski definition) is 2. The molecule has 1 atom stereocenters. The van der Waals surface area contributed by atoms with Crippen molar-refractivity contribution in [3.05, 3.63) is 36.0 Å². The zero-order chi connectivity index (χ0) is 17.1. The van der Waals surface area contributed by atoms with E-state index in [1.807, 2.05) is 24.3 Å². The number of ketones is 1. The molecule has 1 aliphatic heterocycles. The average molecular weight is 374 g/mol. The normalized spacial score (nSPS) is 17.2. The Morgan fingerprint density at radius 3 is 3.20 bits per heavy atom. The maximum absolute atomic E-state index is 12.5. The molecule has 2 N–H and O–H groups in total. The number of aromatic nitrogens is 3. The number of ether oxygens (including phenoxy) is 1. The van der Waals surface area contributed by atoms with Crippen LogP contribution >= 0.6 is 23.1 Å². The third-order valence-corrected chi connectivity index (χ3v) is 6.14. The van der Waals surface area contributed by atoms with Gasteiger partial charge >= 0.3 is 0 Å². The van der Waals surface area contributed by atoms with Gasteiger partial charge in [0.05, 0.1) is 11.9 Å². The van der Waals surface area contributed by atoms with Gasteiger partial charge in [0.25, 0.3) is 0 Å². The van der Waals surface area contributed by atoms with E-state index in [1.165, 1.54) is 23.1 Å². The molecule has 0 radical (unpaired) electrons. The van der Waals surface area contributed by atoms with Gasteiger partial charge in [0.2, 0.25) is 5.13 Å². The van der Waals surface area contributed by atoms with Crippen molar-refractivity contribution in [1.82, 2.24) is 15.2 Å². The molecule has 3 heterocycles. The highest BCUT2D eigenvalue weighted by molar-refractivity contribution is 8.01. The van der Waals surface area contributed by atoms with Gasteiger partial charge in [0.15, 0.2) is 10.1 Å². The number of nitrogens with one attached hydrogen (secondary N) is 2. The number of carbonyl (C=O) groups is 1. The maximum Gasteiger partial charge on any atom is 0.206 e. The lowest BCUT2D eigenvalue weighted by atomic mass is 10.1. The third-order valence-electron chi connectivity index (χ3n) is 4.13. The molecule has 0 unspecified atom stereocenters. The minimum absolute atomic E-state index is 0.0894. The van der Waals surface area contributed by atoms with E-state index in [2.05, 4.69) is 20.5 Å². The summed E-state index contributed by atoms with van der Waals surface area (Å²) in [6.07, 6.45) is 4.26. The second-order valence-electron chi connectivity index (χ2n) is 5.85. The van der Waals surface area contributed by atoms with Gasteiger partial charge in [-0.05, 0) is 18.9 Å². The fraction of sp³-hybridized carbons (Fsp3) is 0.353. The van der Waals surface area contributed by atoms with E-state index in [1.54, 1.807) is 6.20 Å². The maximum atomic E-state index is 12.5. The van der Waals surface area contributed by atoms with E-state index < -0.39 is 0 Å². The number of Topliss-reactive ketones (excluding diaryl/α,β-unsaturated/α-hetero) is 1. The van der Waals surface area contributed by atoms with E-state index in [4.69, 9.17) is 4.74 Å². The first-order valence-electron chi connectivity index (χ1n) is 8.21. The molecule has 1 aliphatic rings. The standard InChI is InChI=1S/C17H18N4O2S2/c22-15(13-9-18-14-6-2-1-5-12(13)14)10-24-17-21-20-16(25-17)19-8-11-4-3-7-23-11/h1-2,5-6,9,11,18H,3-4,7-8,10H2,(H,19,20)/t11-/m1/s1. The van der Waals surface area contributed by atoms with E-state index in [0.717, 1.165) is 51.9 Å². The van der Waals surface area contributed by atoms with Crippen molar-refractivity contribution in [2.45, 2.75) is 23.3 Å². The van der Waals surface area contributed by atoms with E-state index in [0.29, 0.717) is 5.75 Å². The van der Waals surface area contributed by atoms with Gasteiger partial charge in [-0.1, -0.05) is 41.3 Å². The van der Waals surface area contributed by atoms with Gasteiger partial charge < -0.3 is 15.0 Å². The summed E-state index contributed by atoms with van der Waals surface area (Å²) in [6, 6.07) is 7.82. The lowest BCUT2D eigenvalue weighted by Crippen LogP contribution is -2.18. The van der Waals surface area contributed by atoms with Gasteiger partial charge in [-0.2, -0.15) is 0 Å². The summed E-state index contributed by atoms with van der Waals surface area (Å²) in [5.41, 5.74) is 1.71. The molecule has 0 bridgehead atoms. The molecular formula is C17H18N4O2S2. The highest BCUT2D eigenvalue weighted by atomic mass is 32.2. The summed E-state index contributed by atoms with van der Waals surface area (Å²) >= 11 is 2.90. The Morgan fingerprint density at radius 1 is 1.40 bits per heavy atom. The molecule has 3 aromatic rings. The molecule has 0 spiro atoms. The molecule has 4 rings (SSSR count). The van der Waals surface area contributed by atoms with Crippen LogP contribution < -0.4 is 5.32 Å². The Hall–Kier alpha value is -1.90. The number of thioether (sulfide) groups is 1. The highest BCUT2D eigenvalue weighted by Crippen LogP contribution is 2.27. The van der Waals surface area contributed by atoms with Gasteiger partial charge in [0, 0.05) is 35.8 Å². The number of aromatic amines is 1. The minimum atomic E-state index is 0.0894. The number of H-pyrrole nitrogens is 1. The van der Waals surface area contributed by atoms with Gasteiger partial charge in [-0.15, -0.1) is 10.2 Å². The van der Waals surface area contributed by atoms with Crippen molar-refractivity contribution < 1.29 is 9.53 Å². The Labute approximate surface area is 153 Å². The van der Waals surface area contributed by atoms with Gasteiger partial charge in [-0.3, -0.25) is 4.79 Å². The number of rotatable bonds is 7. The zero-order valence-corrected chi connectivity index (χ0v) is 15.2. The fourth-order valence-corrected chi connectivity index (χ4v) is 4.50. The summed E-state index contributed by atoms with van der Waals surface area (Å²) in [4.78, 5) is 15.6. The van der Waals surface area contributed by atoms with Crippen LogP contribution in [0.4, 0.5) is 5.13 Å². The van der Waals surface area contributed by atoms with Gasteiger partial charge in [0.1, 0.15) is 0 Å². The highest BCUT2D eigenvalue weighted by Gasteiger charge is 2.17. The minimum Gasteiger partial charge on any atom is -0.376 e. The first-order valence-corrected chi connectivity index (χ1v) is 10.0. The van der Waals surface area contributed by atoms with E-state index in [9.17, 15) is 4.79 Å². The zero-order valence-electron chi connectivity index (χ0n) is 13.5. The van der Waals surface area contributed by atoms with Crippen LogP contribution in [0.25, 0.3) is 10.9 Å². The van der Waals surface area contributed by atoms with Crippen molar-refractivity contribution in [3.63, 3.8) is 0 Å². The lowest BCUT2D eigenvalue weighted by molar-refractivity contribution is 0.102. The van der Waals surface area contributed by atoms with Crippen molar-refractivity contribution in [1.29, 1.82) is 0 Å². The first-order chi connectivity index (χ1) is 12.3. The first kappa shape index (κ1) is 16.6. The second-order valence-corrected chi connectivity index (χ2v) is 8.05. The fourth-order valence-electron chi connectivity index (χ4n) is 2.85. The van der Waals surface area contributed by atoms with Crippen molar-refractivity contribution in [2.75, 3.05) is 24.2 Å². The van der Waals surface area contributed by atoms with Crippen molar-refractivity contribution in [2.24, 2.45) is 0 Å². The average Bonchev–Trinajstić information content (AvgIpc) is 3.38. The Bertz CT molecular complexity index is 870. The molecule has 2 aromatic heterocycles. The molecule has 6 nitrogen and oxygen atoms in total. The number of hydrogen-bond acceptors (Lipinski definition) is 7. The predicted molar refractivity (Wildman–Crippen MR) is 101 cm³/mol. The largest absolute Gasteiger partial charge is 0.376 e. The molecule has 0 aliphatic carbocycles. The molecule has 1 fully saturated rings. The monoisotopic (exact) mass is 374 g/mol. The van der Waals surface area contributed by atoms with Crippen LogP contribution in [-0.4, -0.2) is 46.0 Å². The quantitative estimate of drug-likeness (QED) is 0.486. The molecule has 130 valence electrons. The molecule has 8 heteroatoms. The molecule has 1 saturated heterocycles. The summed E-state index contributed by atoms with van der Waals surface area (Å²) in [5.74, 6) is 0.439. The molecule has 25 heavy (non-hydrogen) atoms. The number of anilines is 1. The summed E-state index contributed by atoms with van der Waals surface area (Å²) < 4.78 is 6.37. The van der Waals surface area contributed by atoms with Crippen molar-refractivity contribution in [3.8, 4) is 0 Å². The molecule has 0 amide bonds. The van der Waals surface area contributed by atoms with Crippen LogP contribution in [0.2, 0.25) is 0 Å². The lowest BCUT2D eigenvalue weighted by Gasteiger charge is -2.08. The molecular weight excluding hydrogens is 356 g/mol. The smallest absolute Gasteiger partial charge is 0.206 e. The Balaban J connectivity index is 1.32. The van der Waals surface area contributed by atoms with E-state index in [-0.39, 0.29) is 11.9 Å². The number of para-hydroxylation sites is 1. The Kier molecular flexibility index (Phi) is 5.00. The van der Waals surface area contributed by atoms with Crippen LogP contribution in [-0.2, 0) is 4.74 Å². The summed E-state index contributed by atoms with van der Waals surface area (Å²) in [7, 11) is 0. The van der Waals surface area contributed by atoms with Gasteiger partial charge in [-0.25, -0.2) is 0 Å². The van der Waals surface area contributed by atoms with E-state index >= 15 is 0 Å². The van der Waals surface area contributed by atoms with Crippen LogP contribution in [0, 0.1) is 0 Å². The Morgan fingerprint density at radius 2 is 2.32 bits per heavy atom. The number of carbonyl (C=O) groups excluding carboxylic acids is 1. The third kappa shape index (κ3) is 3.86. The number of nitrogens with zero attached hydrogens (tertiary/aromatic N) is 2. The van der Waals surface area contributed by atoms with Crippen LogP contribution in [0.15, 0.2) is 34.8 Å². The van der Waals surface area contributed by atoms with Crippen molar-refractivity contribution >= 4 is 44.9 Å². The van der Waals surface area contributed by atoms with Crippen LogP contribution in [0.3, 0.4) is 0 Å².